The van der Waals surface area contributed by atoms with Crippen LogP contribution in [0.2, 0.25) is 0 Å². The van der Waals surface area contributed by atoms with Crippen molar-refractivity contribution >= 4 is 35.6 Å². The van der Waals surface area contributed by atoms with Gasteiger partial charge in [-0.2, -0.15) is 0 Å². The van der Waals surface area contributed by atoms with E-state index in [2.05, 4.69) is 15.6 Å². The molecule has 15 heteroatoms. The average Bonchev–Trinajstić information content (AvgIpc) is 2.66. The Morgan fingerprint density at radius 3 is 2.00 bits per heavy atom. The fraction of sp³-hybridized carbons (Fsp3) is 0.625. The topological polar surface area (TPSA) is 273 Å². The fourth-order valence-electron chi connectivity index (χ4n) is 2.32. The maximum atomic E-state index is 12.6. The van der Waals surface area contributed by atoms with Gasteiger partial charge >= 0.3 is 11.9 Å². The first-order chi connectivity index (χ1) is 14.4. The van der Waals surface area contributed by atoms with Crippen molar-refractivity contribution in [1.29, 1.82) is 0 Å². The van der Waals surface area contributed by atoms with Gasteiger partial charge in [0.1, 0.15) is 12.1 Å². The molecular weight excluding hydrogens is 418 g/mol. The van der Waals surface area contributed by atoms with Crippen LogP contribution in [-0.2, 0) is 24.0 Å². The summed E-state index contributed by atoms with van der Waals surface area (Å²) in [5, 5.41) is 34.0. The van der Waals surface area contributed by atoms with Gasteiger partial charge in [-0.15, -0.1) is 0 Å². The number of nitrogens with zero attached hydrogens (tertiary/aromatic N) is 1. The normalized spacial score (nSPS) is 14.3. The molecule has 4 unspecified atom stereocenters. The molecule has 3 amide bonds. The van der Waals surface area contributed by atoms with E-state index in [1.807, 2.05) is 5.32 Å². The molecule has 31 heavy (non-hydrogen) atoms. The van der Waals surface area contributed by atoms with Crippen molar-refractivity contribution in [3.8, 4) is 0 Å². The minimum absolute atomic E-state index is 0.0290. The molecule has 0 aliphatic carbocycles. The van der Waals surface area contributed by atoms with E-state index in [-0.39, 0.29) is 25.3 Å². The summed E-state index contributed by atoms with van der Waals surface area (Å²) in [6.45, 7) is 0.822. The van der Waals surface area contributed by atoms with E-state index in [1.54, 1.807) is 0 Å². The van der Waals surface area contributed by atoms with Crippen LogP contribution >= 0.6 is 0 Å². The first-order valence-corrected chi connectivity index (χ1v) is 9.17. The Labute approximate surface area is 177 Å². The summed E-state index contributed by atoms with van der Waals surface area (Å²) < 4.78 is 0. The molecule has 0 aromatic carbocycles. The maximum absolute atomic E-state index is 12.6. The van der Waals surface area contributed by atoms with Crippen LogP contribution in [0.4, 0.5) is 0 Å². The van der Waals surface area contributed by atoms with Crippen molar-refractivity contribution in [2.24, 2.45) is 22.2 Å². The van der Waals surface area contributed by atoms with E-state index >= 15 is 0 Å². The summed E-state index contributed by atoms with van der Waals surface area (Å²) in [5.41, 5.74) is 15.6. The second-order valence-corrected chi connectivity index (χ2v) is 6.50. The molecule has 0 spiro atoms. The van der Waals surface area contributed by atoms with Gasteiger partial charge < -0.3 is 48.5 Å². The van der Waals surface area contributed by atoms with Crippen LogP contribution < -0.4 is 33.2 Å². The third-order valence-corrected chi connectivity index (χ3v) is 3.84. The van der Waals surface area contributed by atoms with Gasteiger partial charge in [0.2, 0.25) is 17.7 Å². The van der Waals surface area contributed by atoms with Gasteiger partial charge in [0, 0.05) is 6.54 Å². The average molecular weight is 447 g/mol. The van der Waals surface area contributed by atoms with Gasteiger partial charge in [-0.3, -0.25) is 24.2 Å². The summed E-state index contributed by atoms with van der Waals surface area (Å²) >= 11 is 0. The molecule has 176 valence electrons. The highest BCUT2D eigenvalue weighted by molar-refractivity contribution is 5.95. The molecule has 0 aliphatic heterocycles. The Bertz CT molecular complexity index is 693. The first kappa shape index (κ1) is 27.5. The molecule has 4 atom stereocenters. The van der Waals surface area contributed by atoms with E-state index < -0.39 is 66.9 Å². The molecule has 15 nitrogen and oxygen atoms in total. The summed E-state index contributed by atoms with van der Waals surface area (Å²) in [7, 11) is 0. The predicted molar refractivity (Wildman–Crippen MR) is 106 cm³/mol. The summed E-state index contributed by atoms with van der Waals surface area (Å²) in [4.78, 5) is 62.5. The number of rotatable bonds is 14. The number of carbonyl (C=O) groups is 5. The monoisotopic (exact) mass is 447 g/mol. The fourth-order valence-corrected chi connectivity index (χ4v) is 2.32. The summed E-state index contributed by atoms with van der Waals surface area (Å²) in [5.74, 6) is -5.92. The molecule has 0 fully saturated rings. The minimum Gasteiger partial charge on any atom is -0.481 e. The Morgan fingerprint density at radius 2 is 1.55 bits per heavy atom. The molecule has 0 saturated carbocycles. The number of nitrogens with one attached hydrogen (secondary N) is 3. The van der Waals surface area contributed by atoms with Gasteiger partial charge in [-0.25, -0.2) is 4.79 Å². The lowest BCUT2D eigenvalue weighted by Gasteiger charge is -2.24. The molecule has 0 radical (unpaired) electrons. The van der Waals surface area contributed by atoms with E-state index in [1.165, 1.54) is 0 Å². The number of carboxylic acids is 2. The number of hydrogen-bond donors (Lipinski definition) is 9. The number of amides is 3. The molecule has 0 aliphatic rings. The second kappa shape index (κ2) is 13.7. The van der Waals surface area contributed by atoms with Crippen LogP contribution in [0.1, 0.15) is 26.2 Å². The van der Waals surface area contributed by atoms with Crippen molar-refractivity contribution in [3.05, 3.63) is 0 Å². The lowest BCUT2D eigenvalue weighted by Crippen LogP contribution is -2.58. The van der Waals surface area contributed by atoms with Crippen molar-refractivity contribution in [3.63, 3.8) is 0 Å². The van der Waals surface area contributed by atoms with Gasteiger partial charge in [-0.1, -0.05) is 0 Å². The van der Waals surface area contributed by atoms with Gasteiger partial charge in [0.25, 0.3) is 0 Å². The van der Waals surface area contributed by atoms with Crippen LogP contribution in [0, 0.1) is 0 Å². The Balaban J connectivity index is 5.39. The van der Waals surface area contributed by atoms with E-state index in [4.69, 9.17) is 27.4 Å². The zero-order valence-corrected chi connectivity index (χ0v) is 16.9. The van der Waals surface area contributed by atoms with Gasteiger partial charge in [0.05, 0.1) is 19.1 Å². The van der Waals surface area contributed by atoms with E-state index in [0.717, 1.165) is 6.92 Å². The number of aliphatic carboxylic acids is 2. The smallest absolute Gasteiger partial charge is 0.328 e. The highest BCUT2D eigenvalue weighted by Crippen LogP contribution is 2.03. The van der Waals surface area contributed by atoms with Crippen LogP contribution in [0.5, 0.6) is 0 Å². The number of guanidine groups is 1. The highest BCUT2D eigenvalue weighted by Gasteiger charge is 2.32. The standard InChI is InChI=1S/C16H29N7O8/c1-7(24)12(15(30)31)23-14(29)9(5-11(26)27)22-13(28)8(21-10(25)6-17)3-2-4-20-16(18)19/h7-9,12,24H,2-6,17H2,1H3,(H,21,25)(H,22,28)(H,23,29)(H,26,27)(H,30,31)(H4,18,19,20). The van der Waals surface area contributed by atoms with Gasteiger partial charge in [0.15, 0.2) is 12.0 Å². The third kappa shape index (κ3) is 11.3. The van der Waals surface area contributed by atoms with Crippen molar-refractivity contribution in [2.45, 2.75) is 50.4 Å². The first-order valence-electron chi connectivity index (χ1n) is 9.17. The maximum Gasteiger partial charge on any atom is 0.328 e. The second-order valence-electron chi connectivity index (χ2n) is 6.50. The quantitative estimate of drug-likeness (QED) is 0.0693. The minimum atomic E-state index is -1.73. The Morgan fingerprint density at radius 1 is 0.968 bits per heavy atom. The van der Waals surface area contributed by atoms with Crippen LogP contribution in [0.3, 0.4) is 0 Å². The molecule has 0 bridgehead atoms. The number of aliphatic hydroxyl groups excluding tert-OH is 1. The van der Waals surface area contributed by atoms with Crippen molar-refractivity contribution in [1.82, 2.24) is 16.0 Å². The van der Waals surface area contributed by atoms with Crippen LogP contribution in [0.15, 0.2) is 4.99 Å². The van der Waals surface area contributed by atoms with E-state index in [9.17, 15) is 29.1 Å². The molecule has 0 rings (SSSR count). The SMILES string of the molecule is CC(O)C(NC(=O)C(CC(=O)O)NC(=O)C(CCCN=C(N)N)NC(=O)CN)C(=O)O. The largest absolute Gasteiger partial charge is 0.481 e. The number of aliphatic hydroxyl groups is 1. The summed E-state index contributed by atoms with van der Waals surface area (Å²) in [6, 6.07) is -4.60. The van der Waals surface area contributed by atoms with Crippen molar-refractivity contribution < 1.29 is 39.3 Å². The van der Waals surface area contributed by atoms with Crippen LogP contribution in [-0.4, -0.2) is 88.3 Å². The zero-order chi connectivity index (χ0) is 24.1. The van der Waals surface area contributed by atoms with E-state index in [0.29, 0.717) is 0 Å². The summed E-state index contributed by atoms with van der Waals surface area (Å²) in [6.07, 6.45) is -2.09. The number of carboxylic acid groups (broad SMARTS) is 2. The van der Waals surface area contributed by atoms with Crippen LogP contribution in [0.25, 0.3) is 0 Å². The van der Waals surface area contributed by atoms with Gasteiger partial charge in [-0.05, 0) is 19.8 Å². The number of carbonyl (C=O) groups excluding carboxylic acids is 3. The number of aliphatic imine (C=N–C) groups is 1. The lowest BCUT2D eigenvalue weighted by molar-refractivity contribution is -0.146. The Kier molecular flexibility index (Phi) is 12.2. The lowest BCUT2D eigenvalue weighted by atomic mass is 10.1. The number of hydrogen-bond acceptors (Lipinski definition) is 8. The predicted octanol–water partition coefficient (Wildman–Crippen LogP) is -4.61. The number of nitrogens with two attached hydrogens (primary N) is 3. The zero-order valence-electron chi connectivity index (χ0n) is 16.9. The molecule has 0 heterocycles. The van der Waals surface area contributed by atoms with Crippen molar-refractivity contribution in [2.75, 3.05) is 13.1 Å². The molecule has 0 saturated heterocycles. The molecule has 0 aromatic rings. The Hall–Kier alpha value is -3.46. The third-order valence-electron chi connectivity index (χ3n) is 3.84. The molecule has 0 aromatic heterocycles. The molecular formula is C16H29N7O8. The molecule has 12 N–H and O–H groups in total. The highest BCUT2D eigenvalue weighted by atomic mass is 16.4.